The van der Waals surface area contributed by atoms with Gasteiger partial charge in [0.25, 0.3) is 15.9 Å². The van der Waals surface area contributed by atoms with Crippen LogP contribution in [0.2, 0.25) is 10.0 Å². The Balaban J connectivity index is 1.72. The van der Waals surface area contributed by atoms with Gasteiger partial charge in [0, 0.05) is 16.3 Å². The van der Waals surface area contributed by atoms with Gasteiger partial charge in [-0.1, -0.05) is 23.2 Å². The minimum Gasteiger partial charge on any atom is -0.497 e. The Morgan fingerprint density at radius 1 is 0.931 bits per heavy atom. The molecule has 0 atom stereocenters. The molecule has 0 fully saturated rings. The highest BCUT2D eigenvalue weighted by Gasteiger charge is 2.15. The van der Waals surface area contributed by atoms with Crippen molar-refractivity contribution >= 4 is 50.5 Å². The summed E-state index contributed by atoms with van der Waals surface area (Å²) in [5.41, 5.74) is 1.03. The summed E-state index contributed by atoms with van der Waals surface area (Å²) in [6, 6.07) is 16.7. The van der Waals surface area contributed by atoms with Crippen molar-refractivity contribution in [1.82, 2.24) is 0 Å². The molecule has 150 valence electrons. The van der Waals surface area contributed by atoms with Crippen LogP contribution in [0.25, 0.3) is 0 Å². The summed E-state index contributed by atoms with van der Waals surface area (Å²) in [5, 5.41) is 3.46. The van der Waals surface area contributed by atoms with Crippen LogP contribution in [0.15, 0.2) is 71.6 Å². The summed E-state index contributed by atoms with van der Waals surface area (Å²) in [7, 11) is -2.27. The molecular weight excluding hydrogens is 435 g/mol. The summed E-state index contributed by atoms with van der Waals surface area (Å²) >= 11 is 12.0. The zero-order valence-corrected chi connectivity index (χ0v) is 17.5. The average molecular weight is 451 g/mol. The largest absolute Gasteiger partial charge is 0.497 e. The summed E-state index contributed by atoms with van der Waals surface area (Å²) in [6.07, 6.45) is 0. The van der Waals surface area contributed by atoms with Crippen LogP contribution in [0.4, 0.5) is 11.4 Å². The summed E-state index contributed by atoms with van der Waals surface area (Å²) in [4.78, 5) is 12.5. The zero-order valence-electron chi connectivity index (χ0n) is 15.1. The number of ether oxygens (including phenoxy) is 1. The van der Waals surface area contributed by atoms with Gasteiger partial charge in [-0.25, -0.2) is 8.42 Å². The third-order valence-electron chi connectivity index (χ3n) is 3.95. The SMILES string of the molecule is COc1ccc(S(=O)(=O)Nc2ccc(C(=O)Nc3cc(Cl)ccc3Cl)cc2)cc1. The fourth-order valence-electron chi connectivity index (χ4n) is 2.45. The van der Waals surface area contributed by atoms with Crippen LogP contribution in [0.5, 0.6) is 5.75 Å². The molecule has 0 radical (unpaired) electrons. The van der Waals surface area contributed by atoms with Crippen LogP contribution < -0.4 is 14.8 Å². The second-order valence-electron chi connectivity index (χ2n) is 5.94. The normalized spacial score (nSPS) is 11.0. The van der Waals surface area contributed by atoms with Gasteiger partial charge in [0.15, 0.2) is 0 Å². The van der Waals surface area contributed by atoms with Crippen molar-refractivity contribution in [2.24, 2.45) is 0 Å². The Hall–Kier alpha value is -2.74. The summed E-state index contributed by atoms with van der Waals surface area (Å²) < 4.78 is 32.4. The highest BCUT2D eigenvalue weighted by atomic mass is 35.5. The second kappa shape index (κ2) is 8.73. The van der Waals surface area contributed by atoms with E-state index in [9.17, 15) is 13.2 Å². The first-order chi connectivity index (χ1) is 13.8. The third-order valence-corrected chi connectivity index (χ3v) is 5.91. The molecule has 0 heterocycles. The maximum atomic E-state index is 12.5. The minimum absolute atomic E-state index is 0.0933. The van der Waals surface area contributed by atoms with Crippen molar-refractivity contribution < 1.29 is 17.9 Å². The molecule has 3 aromatic carbocycles. The number of amides is 1. The van der Waals surface area contributed by atoms with Crippen LogP contribution in [0.3, 0.4) is 0 Å². The average Bonchev–Trinajstić information content (AvgIpc) is 2.71. The molecule has 0 aliphatic carbocycles. The van der Waals surface area contributed by atoms with Crippen LogP contribution in [0, 0.1) is 0 Å². The maximum Gasteiger partial charge on any atom is 0.261 e. The van der Waals surface area contributed by atoms with Crippen molar-refractivity contribution in [3.8, 4) is 5.75 Å². The molecular formula is C20H16Cl2N2O4S. The molecule has 1 amide bonds. The molecule has 29 heavy (non-hydrogen) atoms. The number of nitrogens with one attached hydrogen (secondary N) is 2. The molecule has 0 bridgehead atoms. The lowest BCUT2D eigenvalue weighted by Gasteiger charge is -2.10. The number of anilines is 2. The van der Waals surface area contributed by atoms with Crippen molar-refractivity contribution in [2.45, 2.75) is 4.90 Å². The first-order valence-electron chi connectivity index (χ1n) is 8.32. The minimum atomic E-state index is -3.77. The number of benzene rings is 3. The van der Waals surface area contributed by atoms with Gasteiger partial charge in [-0.05, 0) is 66.7 Å². The molecule has 2 N–H and O–H groups in total. The van der Waals surface area contributed by atoms with Gasteiger partial charge in [-0.15, -0.1) is 0 Å². The van der Waals surface area contributed by atoms with Gasteiger partial charge >= 0.3 is 0 Å². The summed E-state index contributed by atoms with van der Waals surface area (Å²) in [6.45, 7) is 0. The van der Waals surface area contributed by atoms with Crippen LogP contribution in [-0.4, -0.2) is 21.4 Å². The lowest BCUT2D eigenvalue weighted by Crippen LogP contribution is -2.14. The molecule has 0 unspecified atom stereocenters. The lowest BCUT2D eigenvalue weighted by atomic mass is 10.2. The Kier molecular flexibility index (Phi) is 6.32. The van der Waals surface area contributed by atoms with Crippen LogP contribution >= 0.6 is 23.2 Å². The molecule has 0 saturated heterocycles. The zero-order chi connectivity index (χ0) is 21.0. The highest BCUT2D eigenvalue weighted by molar-refractivity contribution is 7.92. The predicted octanol–water partition coefficient (Wildman–Crippen LogP) is 5.06. The number of carbonyl (C=O) groups excluding carboxylic acids is 1. The number of halogens is 2. The van der Waals surface area contributed by atoms with Gasteiger partial charge in [-0.3, -0.25) is 9.52 Å². The smallest absolute Gasteiger partial charge is 0.261 e. The number of rotatable bonds is 6. The number of hydrogen-bond donors (Lipinski definition) is 2. The molecule has 0 spiro atoms. The third kappa shape index (κ3) is 5.20. The Labute approximate surface area is 178 Å². The first kappa shape index (κ1) is 21.0. The topological polar surface area (TPSA) is 84.5 Å². The van der Waals surface area contributed by atoms with E-state index in [1.807, 2.05) is 0 Å². The predicted molar refractivity (Wildman–Crippen MR) is 115 cm³/mol. The van der Waals surface area contributed by atoms with Crippen LogP contribution in [0.1, 0.15) is 10.4 Å². The van der Waals surface area contributed by atoms with Crippen molar-refractivity contribution in [1.29, 1.82) is 0 Å². The van der Waals surface area contributed by atoms with Crippen molar-refractivity contribution in [2.75, 3.05) is 17.1 Å². The molecule has 0 aromatic heterocycles. The van der Waals surface area contributed by atoms with Gasteiger partial charge < -0.3 is 10.1 Å². The fraction of sp³-hybridized carbons (Fsp3) is 0.0500. The Morgan fingerprint density at radius 3 is 2.21 bits per heavy atom. The monoisotopic (exact) mass is 450 g/mol. The van der Waals surface area contributed by atoms with Gasteiger partial charge in [0.1, 0.15) is 5.75 Å². The molecule has 0 aliphatic heterocycles. The second-order valence-corrected chi connectivity index (χ2v) is 8.46. The number of sulfonamides is 1. The molecule has 3 aromatic rings. The van der Waals surface area contributed by atoms with E-state index >= 15 is 0 Å². The lowest BCUT2D eigenvalue weighted by molar-refractivity contribution is 0.102. The molecule has 3 rings (SSSR count). The molecule has 9 heteroatoms. The quantitative estimate of drug-likeness (QED) is 0.549. The number of hydrogen-bond acceptors (Lipinski definition) is 4. The molecule has 0 saturated carbocycles. The van der Waals surface area contributed by atoms with Gasteiger partial charge in [-0.2, -0.15) is 0 Å². The van der Waals surface area contributed by atoms with E-state index in [4.69, 9.17) is 27.9 Å². The highest BCUT2D eigenvalue weighted by Crippen LogP contribution is 2.26. The van der Waals surface area contributed by atoms with E-state index in [1.54, 1.807) is 30.3 Å². The van der Waals surface area contributed by atoms with E-state index in [0.29, 0.717) is 32.7 Å². The van der Waals surface area contributed by atoms with E-state index in [0.717, 1.165) is 0 Å². The fourth-order valence-corrected chi connectivity index (χ4v) is 3.84. The van der Waals surface area contributed by atoms with E-state index in [2.05, 4.69) is 10.0 Å². The Bertz CT molecular complexity index is 1130. The van der Waals surface area contributed by atoms with Gasteiger partial charge in [0.05, 0.1) is 22.7 Å². The van der Waals surface area contributed by atoms with E-state index in [1.165, 1.54) is 43.5 Å². The van der Waals surface area contributed by atoms with Crippen LogP contribution in [-0.2, 0) is 10.0 Å². The maximum absolute atomic E-state index is 12.5. The first-order valence-corrected chi connectivity index (χ1v) is 10.6. The number of methoxy groups -OCH3 is 1. The van der Waals surface area contributed by atoms with E-state index in [-0.39, 0.29) is 4.90 Å². The Morgan fingerprint density at radius 2 is 1.59 bits per heavy atom. The molecule has 0 aliphatic rings. The standard InChI is InChI=1S/C20H16Cl2N2O4S/c1-28-16-7-9-17(10-8-16)29(26,27)24-15-5-2-13(3-6-15)20(25)23-19-12-14(21)4-11-18(19)22/h2-12,24H,1H3,(H,23,25). The molecule has 6 nitrogen and oxygen atoms in total. The summed E-state index contributed by atoms with van der Waals surface area (Å²) in [5.74, 6) is 0.151. The van der Waals surface area contributed by atoms with Gasteiger partial charge in [0.2, 0.25) is 0 Å². The van der Waals surface area contributed by atoms with Crippen molar-refractivity contribution in [3.63, 3.8) is 0 Å². The number of carbonyl (C=O) groups is 1. The van der Waals surface area contributed by atoms with Crippen molar-refractivity contribution in [3.05, 3.63) is 82.3 Å². The van der Waals surface area contributed by atoms with E-state index < -0.39 is 15.9 Å².